The molecule has 3 aromatic carbocycles. The predicted octanol–water partition coefficient (Wildman–Crippen LogP) is 8.60. The van der Waals surface area contributed by atoms with E-state index < -0.39 is 11.9 Å². The second-order valence-corrected chi connectivity index (χ2v) is 11.0. The lowest BCUT2D eigenvalue weighted by Gasteiger charge is -2.12. The van der Waals surface area contributed by atoms with Crippen molar-refractivity contribution in [1.29, 1.82) is 0 Å². The molecular formula is C40H50O10. The number of hydrogen-bond donors (Lipinski definition) is 0. The van der Waals surface area contributed by atoms with E-state index in [0.29, 0.717) is 55.0 Å². The van der Waals surface area contributed by atoms with Crippen molar-refractivity contribution in [2.45, 2.75) is 65.7 Å². The Morgan fingerprint density at radius 2 is 1.00 bits per heavy atom. The van der Waals surface area contributed by atoms with Crippen molar-refractivity contribution in [2.24, 2.45) is 0 Å². The van der Waals surface area contributed by atoms with Crippen molar-refractivity contribution in [3.8, 4) is 28.7 Å². The SMILES string of the molecule is C.C=CC(=O)OCCCCCCOc1ccc(OCOc2ccc(OC(=O)c3ccc(OCCCCCCOC(=O)C=C)cc3)cc2C)cc1. The normalized spacial score (nSPS) is 10.2. The Balaban J connectivity index is 0.00000867. The number of aryl methyl sites for hydroxylation is 1. The lowest BCUT2D eigenvalue weighted by Crippen LogP contribution is -2.09. The molecule has 0 saturated heterocycles. The fourth-order valence-electron chi connectivity index (χ4n) is 4.45. The molecule has 10 heteroatoms. The highest BCUT2D eigenvalue weighted by atomic mass is 16.7. The van der Waals surface area contributed by atoms with Gasteiger partial charge in [-0.25, -0.2) is 14.4 Å². The Hall–Kier alpha value is -5.25. The summed E-state index contributed by atoms with van der Waals surface area (Å²) in [6, 6.07) is 19.3. The number of carbonyl (C=O) groups excluding carboxylic acids is 3. The zero-order valence-corrected chi connectivity index (χ0v) is 28.2. The van der Waals surface area contributed by atoms with Crippen molar-refractivity contribution in [2.75, 3.05) is 33.2 Å². The first kappa shape index (κ1) is 40.9. The summed E-state index contributed by atoms with van der Waals surface area (Å²) < 4.78 is 38.5. The van der Waals surface area contributed by atoms with E-state index >= 15 is 0 Å². The molecule has 0 unspecified atom stereocenters. The molecular weight excluding hydrogens is 640 g/mol. The highest BCUT2D eigenvalue weighted by Crippen LogP contribution is 2.25. The number of hydrogen-bond acceptors (Lipinski definition) is 10. The fraction of sp³-hybridized carbons (Fsp3) is 0.375. The number of rotatable bonds is 24. The summed E-state index contributed by atoms with van der Waals surface area (Å²) in [7, 11) is 0. The van der Waals surface area contributed by atoms with Gasteiger partial charge in [0.05, 0.1) is 32.0 Å². The maximum absolute atomic E-state index is 12.7. The Morgan fingerprint density at radius 1 is 0.560 bits per heavy atom. The van der Waals surface area contributed by atoms with Gasteiger partial charge in [0.2, 0.25) is 6.79 Å². The van der Waals surface area contributed by atoms with Crippen molar-refractivity contribution >= 4 is 17.9 Å². The van der Waals surface area contributed by atoms with Crippen molar-refractivity contribution < 1.29 is 47.5 Å². The van der Waals surface area contributed by atoms with Crippen LogP contribution in [0.1, 0.15) is 74.7 Å². The number of ether oxygens (including phenoxy) is 7. The van der Waals surface area contributed by atoms with Crippen molar-refractivity contribution in [1.82, 2.24) is 0 Å². The number of carbonyl (C=O) groups is 3. The summed E-state index contributed by atoms with van der Waals surface area (Å²) in [5, 5.41) is 0. The summed E-state index contributed by atoms with van der Waals surface area (Å²) in [5.74, 6) is 1.82. The zero-order valence-electron chi connectivity index (χ0n) is 28.2. The lowest BCUT2D eigenvalue weighted by molar-refractivity contribution is -0.138. The Labute approximate surface area is 295 Å². The second-order valence-electron chi connectivity index (χ2n) is 11.0. The van der Waals surface area contributed by atoms with Gasteiger partial charge in [0.15, 0.2) is 0 Å². The summed E-state index contributed by atoms with van der Waals surface area (Å²) in [6.45, 7) is 10.6. The van der Waals surface area contributed by atoms with Gasteiger partial charge in [-0.1, -0.05) is 20.6 Å². The van der Waals surface area contributed by atoms with Crippen LogP contribution >= 0.6 is 0 Å². The molecule has 0 radical (unpaired) electrons. The quantitative estimate of drug-likeness (QED) is 0.0297. The van der Waals surface area contributed by atoms with Crippen LogP contribution in [0.25, 0.3) is 0 Å². The summed E-state index contributed by atoms with van der Waals surface area (Å²) in [5.41, 5.74) is 1.20. The van der Waals surface area contributed by atoms with Crippen LogP contribution in [0.2, 0.25) is 0 Å². The molecule has 0 aliphatic heterocycles. The minimum absolute atomic E-state index is 0. The Bertz CT molecular complexity index is 1460. The third kappa shape index (κ3) is 16.2. The van der Waals surface area contributed by atoms with Gasteiger partial charge in [0, 0.05) is 12.2 Å². The van der Waals surface area contributed by atoms with Crippen LogP contribution in [0.3, 0.4) is 0 Å². The monoisotopic (exact) mass is 690 g/mol. The van der Waals surface area contributed by atoms with Gasteiger partial charge in [-0.15, -0.1) is 0 Å². The molecule has 0 N–H and O–H groups in total. The summed E-state index contributed by atoms with van der Waals surface area (Å²) >= 11 is 0. The van der Waals surface area contributed by atoms with E-state index in [1.165, 1.54) is 6.08 Å². The van der Waals surface area contributed by atoms with E-state index in [9.17, 15) is 14.4 Å². The average Bonchev–Trinajstić information content (AvgIpc) is 3.12. The maximum atomic E-state index is 12.7. The van der Waals surface area contributed by atoms with Gasteiger partial charge in [-0.3, -0.25) is 0 Å². The molecule has 0 aromatic heterocycles. The molecule has 0 aliphatic carbocycles. The molecule has 0 fully saturated rings. The molecule has 50 heavy (non-hydrogen) atoms. The molecule has 0 spiro atoms. The van der Waals surface area contributed by atoms with Crippen LogP contribution in [-0.2, 0) is 19.1 Å². The number of benzene rings is 3. The van der Waals surface area contributed by atoms with Crippen LogP contribution in [0, 0.1) is 6.92 Å². The minimum Gasteiger partial charge on any atom is -0.494 e. The molecule has 10 nitrogen and oxygen atoms in total. The summed E-state index contributed by atoms with van der Waals surface area (Å²) in [4.78, 5) is 34.7. The van der Waals surface area contributed by atoms with Gasteiger partial charge < -0.3 is 33.2 Å². The maximum Gasteiger partial charge on any atom is 0.343 e. The van der Waals surface area contributed by atoms with E-state index in [4.69, 9.17) is 33.2 Å². The van der Waals surface area contributed by atoms with E-state index in [2.05, 4.69) is 13.2 Å². The third-order valence-electron chi connectivity index (χ3n) is 7.15. The fourth-order valence-corrected chi connectivity index (χ4v) is 4.45. The molecule has 0 amide bonds. The number of unbranched alkanes of at least 4 members (excludes halogenated alkanes) is 6. The lowest BCUT2D eigenvalue weighted by atomic mass is 10.2. The predicted molar refractivity (Wildman–Crippen MR) is 192 cm³/mol. The standard InChI is InChI=1S/C39H46O10.CH4/c1-4-37(40)45-26-12-8-6-10-24-43-32-16-14-31(15-17-32)39(42)49-35-22-23-36(30(3)28-35)48-29-47-34-20-18-33(19-21-34)44-25-11-7-9-13-27-46-38(41)5-2;/h4-5,14-23,28H,1-2,6-13,24-27,29H2,3H3;1H4. The van der Waals surface area contributed by atoms with E-state index in [1.807, 2.05) is 31.2 Å². The van der Waals surface area contributed by atoms with Crippen LogP contribution < -0.4 is 23.7 Å². The van der Waals surface area contributed by atoms with E-state index in [1.54, 1.807) is 42.5 Å². The topological polar surface area (TPSA) is 116 Å². The highest BCUT2D eigenvalue weighted by Gasteiger charge is 2.11. The van der Waals surface area contributed by atoms with Gasteiger partial charge >= 0.3 is 17.9 Å². The zero-order chi connectivity index (χ0) is 35.1. The first-order valence-electron chi connectivity index (χ1n) is 16.5. The van der Waals surface area contributed by atoms with Gasteiger partial charge in [-0.2, -0.15) is 0 Å². The Kier molecular flexibility index (Phi) is 19.6. The van der Waals surface area contributed by atoms with E-state index in [-0.39, 0.29) is 20.2 Å². The molecule has 0 saturated carbocycles. The molecule has 0 aliphatic rings. The molecule has 270 valence electrons. The smallest absolute Gasteiger partial charge is 0.343 e. The average molecular weight is 691 g/mol. The van der Waals surface area contributed by atoms with E-state index in [0.717, 1.165) is 68.8 Å². The molecule has 3 rings (SSSR count). The van der Waals surface area contributed by atoms with Gasteiger partial charge in [0.25, 0.3) is 0 Å². The second kappa shape index (κ2) is 24.0. The number of esters is 3. The first-order valence-corrected chi connectivity index (χ1v) is 16.5. The molecule has 0 atom stereocenters. The highest BCUT2D eigenvalue weighted by molar-refractivity contribution is 5.91. The minimum atomic E-state index is -0.476. The molecule has 0 bridgehead atoms. The van der Waals surface area contributed by atoms with Crippen LogP contribution in [-0.4, -0.2) is 51.1 Å². The molecule has 3 aromatic rings. The van der Waals surface area contributed by atoms with Gasteiger partial charge in [0.1, 0.15) is 28.7 Å². The van der Waals surface area contributed by atoms with Crippen molar-refractivity contribution in [3.05, 3.63) is 103 Å². The van der Waals surface area contributed by atoms with Gasteiger partial charge in [-0.05, 0) is 131 Å². The Morgan fingerprint density at radius 3 is 1.48 bits per heavy atom. The largest absolute Gasteiger partial charge is 0.494 e. The van der Waals surface area contributed by atoms with Crippen molar-refractivity contribution in [3.63, 3.8) is 0 Å². The van der Waals surface area contributed by atoms with Crippen LogP contribution in [0.4, 0.5) is 0 Å². The molecule has 0 heterocycles. The third-order valence-corrected chi connectivity index (χ3v) is 7.15. The van der Waals surface area contributed by atoms with Crippen LogP contribution in [0.15, 0.2) is 92.0 Å². The first-order chi connectivity index (χ1) is 23.9. The summed E-state index contributed by atoms with van der Waals surface area (Å²) in [6.07, 6.45) is 9.57. The van der Waals surface area contributed by atoms with Crippen LogP contribution in [0.5, 0.6) is 28.7 Å².